The highest BCUT2D eigenvalue weighted by molar-refractivity contribution is 5.70. The minimum atomic E-state index is -4.11. The Morgan fingerprint density at radius 2 is 1.93 bits per heavy atom. The van der Waals surface area contributed by atoms with Gasteiger partial charge in [0.05, 0.1) is 12.5 Å². The molecule has 0 aromatic carbocycles. The van der Waals surface area contributed by atoms with Crippen LogP contribution in [-0.4, -0.2) is 24.4 Å². The Kier molecular flexibility index (Phi) is 2.31. The van der Waals surface area contributed by atoms with Crippen LogP contribution in [0.1, 0.15) is 25.7 Å². The van der Waals surface area contributed by atoms with Crippen LogP contribution in [0.4, 0.5) is 18.0 Å². The second kappa shape index (κ2) is 3.28. The summed E-state index contributed by atoms with van der Waals surface area (Å²) in [5.74, 6) is -1.23. The number of carbonyl (C=O) groups excluding carboxylic acids is 1. The first-order valence-electron chi connectivity index (χ1n) is 4.95. The van der Waals surface area contributed by atoms with E-state index >= 15 is 0 Å². The quantitative estimate of drug-likeness (QED) is 0.683. The van der Waals surface area contributed by atoms with Gasteiger partial charge in [0.15, 0.2) is 0 Å². The summed E-state index contributed by atoms with van der Waals surface area (Å²) in [6, 6.07) is 0. The van der Waals surface area contributed by atoms with Gasteiger partial charge in [0, 0.05) is 0 Å². The summed E-state index contributed by atoms with van der Waals surface area (Å²) in [7, 11) is 0. The summed E-state index contributed by atoms with van der Waals surface area (Å²) >= 11 is 0. The third-order valence-corrected chi connectivity index (χ3v) is 3.22. The van der Waals surface area contributed by atoms with E-state index in [2.05, 4.69) is 5.32 Å². The molecule has 15 heavy (non-hydrogen) atoms. The molecule has 1 heterocycles. The molecule has 1 aliphatic heterocycles. The Hall–Kier alpha value is -0.940. The van der Waals surface area contributed by atoms with Gasteiger partial charge in [-0.15, -0.1) is 0 Å². The lowest BCUT2D eigenvalue weighted by Crippen LogP contribution is -2.40. The van der Waals surface area contributed by atoms with Crippen LogP contribution in [-0.2, 0) is 4.74 Å². The van der Waals surface area contributed by atoms with Gasteiger partial charge in [0.1, 0.15) is 5.60 Å². The van der Waals surface area contributed by atoms with Gasteiger partial charge in [-0.05, 0) is 25.7 Å². The highest BCUT2D eigenvalue weighted by atomic mass is 19.4. The Morgan fingerprint density at radius 1 is 1.33 bits per heavy atom. The molecule has 1 amide bonds. The molecule has 2 aliphatic rings. The monoisotopic (exact) mass is 223 g/mol. The number of halogens is 3. The Bertz CT molecular complexity index is 269. The largest absolute Gasteiger partial charge is 0.441 e. The van der Waals surface area contributed by atoms with Crippen LogP contribution in [0.25, 0.3) is 0 Å². The van der Waals surface area contributed by atoms with Crippen molar-refractivity contribution < 1.29 is 22.7 Å². The molecule has 0 radical (unpaired) electrons. The van der Waals surface area contributed by atoms with Crippen LogP contribution in [0.2, 0.25) is 0 Å². The number of hydrogen-bond acceptors (Lipinski definition) is 2. The van der Waals surface area contributed by atoms with Gasteiger partial charge in [-0.1, -0.05) is 0 Å². The van der Waals surface area contributed by atoms with Crippen LogP contribution in [0, 0.1) is 5.92 Å². The van der Waals surface area contributed by atoms with Crippen molar-refractivity contribution in [1.82, 2.24) is 5.32 Å². The van der Waals surface area contributed by atoms with Crippen molar-refractivity contribution in [1.29, 1.82) is 0 Å². The Labute approximate surface area is 85.0 Å². The van der Waals surface area contributed by atoms with Gasteiger partial charge < -0.3 is 10.1 Å². The molecule has 0 bridgehead atoms. The smallest absolute Gasteiger partial charge is 0.407 e. The second-order valence-corrected chi connectivity index (χ2v) is 4.24. The fraction of sp³-hybridized carbons (Fsp3) is 0.889. The fourth-order valence-corrected chi connectivity index (χ4v) is 2.25. The van der Waals surface area contributed by atoms with E-state index in [1.807, 2.05) is 0 Å². The molecular formula is C9H12F3NO2. The Morgan fingerprint density at radius 3 is 2.33 bits per heavy atom. The maximum Gasteiger partial charge on any atom is 0.407 e. The predicted octanol–water partition coefficient (Wildman–Crippen LogP) is 2.22. The van der Waals surface area contributed by atoms with Crippen molar-refractivity contribution >= 4 is 6.09 Å². The van der Waals surface area contributed by atoms with E-state index in [-0.39, 0.29) is 12.8 Å². The van der Waals surface area contributed by atoms with Crippen LogP contribution >= 0.6 is 0 Å². The molecule has 3 nitrogen and oxygen atoms in total. The van der Waals surface area contributed by atoms with E-state index in [0.29, 0.717) is 19.4 Å². The lowest BCUT2D eigenvalue weighted by atomic mass is 9.78. The van der Waals surface area contributed by atoms with Gasteiger partial charge in [-0.25, -0.2) is 4.79 Å². The normalized spacial score (nSPS) is 36.5. The molecule has 2 rings (SSSR count). The average Bonchev–Trinajstić information content (AvgIpc) is 2.47. The van der Waals surface area contributed by atoms with Crippen molar-refractivity contribution in [3.8, 4) is 0 Å². The van der Waals surface area contributed by atoms with E-state index in [1.165, 1.54) is 0 Å². The summed E-state index contributed by atoms with van der Waals surface area (Å²) in [6.07, 6.45) is -3.92. The molecule has 2 fully saturated rings. The van der Waals surface area contributed by atoms with Gasteiger partial charge in [0.25, 0.3) is 0 Å². The summed E-state index contributed by atoms with van der Waals surface area (Å²) in [5.41, 5.74) is -0.668. The molecule has 0 unspecified atom stereocenters. The molecular weight excluding hydrogens is 211 g/mol. The van der Waals surface area contributed by atoms with Gasteiger partial charge in [-0.3, -0.25) is 0 Å². The fourth-order valence-electron chi connectivity index (χ4n) is 2.25. The van der Waals surface area contributed by atoms with Gasteiger partial charge in [0.2, 0.25) is 0 Å². The zero-order valence-corrected chi connectivity index (χ0v) is 8.06. The van der Waals surface area contributed by atoms with E-state index in [1.54, 1.807) is 0 Å². The zero-order chi connectivity index (χ0) is 11.1. The SMILES string of the molecule is O=C1NCC2(CCC(C(F)(F)F)CC2)O1. The molecule has 1 saturated heterocycles. The summed E-state index contributed by atoms with van der Waals surface area (Å²) in [4.78, 5) is 10.8. The first-order chi connectivity index (χ1) is 6.91. The van der Waals surface area contributed by atoms with E-state index < -0.39 is 23.8 Å². The van der Waals surface area contributed by atoms with Crippen LogP contribution < -0.4 is 5.32 Å². The Balaban J connectivity index is 1.95. The third-order valence-electron chi connectivity index (χ3n) is 3.22. The van der Waals surface area contributed by atoms with Crippen molar-refractivity contribution in [2.24, 2.45) is 5.92 Å². The van der Waals surface area contributed by atoms with Crippen molar-refractivity contribution in [3.63, 3.8) is 0 Å². The number of alkyl carbamates (subject to hydrolysis) is 1. The van der Waals surface area contributed by atoms with E-state index in [9.17, 15) is 18.0 Å². The molecule has 0 aromatic heterocycles. The number of alkyl halides is 3. The van der Waals surface area contributed by atoms with Crippen LogP contribution in [0.3, 0.4) is 0 Å². The molecule has 6 heteroatoms. The minimum Gasteiger partial charge on any atom is -0.441 e. The maximum atomic E-state index is 12.4. The first-order valence-corrected chi connectivity index (χ1v) is 4.95. The zero-order valence-electron chi connectivity index (χ0n) is 8.06. The van der Waals surface area contributed by atoms with Gasteiger partial charge >= 0.3 is 12.3 Å². The average molecular weight is 223 g/mol. The van der Waals surface area contributed by atoms with Crippen molar-refractivity contribution in [2.75, 3.05) is 6.54 Å². The molecule has 0 atom stereocenters. The van der Waals surface area contributed by atoms with Crippen LogP contribution in [0.15, 0.2) is 0 Å². The first kappa shape index (κ1) is 10.6. The number of rotatable bonds is 0. The summed E-state index contributed by atoms with van der Waals surface area (Å²) < 4.78 is 42.1. The number of ether oxygens (including phenoxy) is 1. The molecule has 1 N–H and O–H groups in total. The second-order valence-electron chi connectivity index (χ2n) is 4.24. The summed E-state index contributed by atoms with van der Waals surface area (Å²) in [6.45, 7) is 0.344. The minimum absolute atomic E-state index is 0.0540. The van der Waals surface area contributed by atoms with Crippen LogP contribution in [0.5, 0.6) is 0 Å². The standard InChI is InChI=1S/C9H12F3NO2/c10-9(11,12)6-1-3-8(4-2-6)5-13-7(14)15-8/h6H,1-5H2,(H,13,14). The highest BCUT2D eigenvalue weighted by Crippen LogP contribution is 2.43. The van der Waals surface area contributed by atoms with E-state index in [4.69, 9.17) is 4.74 Å². The number of carbonyl (C=O) groups is 1. The lowest BCUT2D eigenvalue weighted by molar-refractivity contribution is -0.190. The molecule has 1 saturated carbocycles. The van der Waals surface area contributed by atoms with E-state index in [0.717, 1.165) is 0 Å². The number of hydrogen-bond donors (Lipinski definition) is 1. The lowest BCUT2D eigenvalue weighted by Gasteiger charge is -2.35. The molecule has 1 spiro atoms. The topological polar surface area (TPSA) is 38.3 Å². The maximum absolute atomic E-state index is 12.4. The number of nitrogens with one attached hydrogen (secondary N) is 1. The molecule has 86 valence electrons. The summed E-state index contributed by atoms with van der Waals surface area (Å²) in [5, 5.41) is 2.49. The van der Waals surface area contributed by atoms with Crippen molar-refractivity contribution in [3.05, 3.63) is 0 Å². The molecule has 1 aliphatic carbocycles. The van der Waals surface area contributed by atoms with Gasteiger partial charge in [-0.2, -0.15) is 13.2 Å². The highest BCUT2D eigenvalue weighted by Gasteiger charge is 2.49. The third kappa shape index (κ3) is 2.03. The number of amides is 1. The van der Waals surface area contributed by atoms with Crippen molar-refractivity contribution in [2.45, 2.75) is 37.5 Å². The molecule has 0 aromatic rings. The predicted molar refractivity (Wildman–Crippen MR) is 45.2 cm³/mol.